The van der Waals surface area contributed by atoms with E-state index in [9.17, 15) is 9.18 Å². The lowest BCUT2D eigenvalue weighted by Crippen LogP contribution is -2.32. The Morgan fingerprint density at radius 2 is 1.68 bits per heavy atom. The van der Waals surface area contributed by atoms with Crippen LogP contribution >= 0.6 is 0 Å². The molecule has 0 radical (unpaired) electrons. The van der Waals surface area contributed by atoms with Gasteiger partial charge in [-0.3, -0.25) is 0 Å². The van der Waals surface area contributed by atoms with Crippen molar-refractivity contribution in [2.45, 2.75) is 25.9 Å². The second kappa shape index (κ2) is 9.46. The lowest BCUT2D eigenvalue weighted by atomic mass is 10.1. The SMILES string of the molecule is COc1cc2ncnc(Nc3ccc(NC(=O)NCCC(C)(C)F)cc3)c2cc1OC. The quantitative estimate of drug-likeness (QED) is 0.484. The third-order valence-corrected chi connectivity index (χ3v) is 4.55. The van der Waals surface area contributed by atoms with E-state index in [1.165, 1.54) is 20.2 Å². The fraction of sp³-hybridized carbons (Fsp3) is 0.318. The first kappa shape index (κ1) is 22.1. The molecule has 0 atom stereocenters. The van der Waals surface area contributed by atoms with Gasteiger partial charge in [0, 0.05) is 29.4 Å². The highest BCUT2D eigenvalue weighted by Crippen LogP contribution is 2.34. The molecule has 0 aliphatic heterocycles. The first-order valence-electron chi connectivity index (χ1n) is 9.76. The number of hydrogen-bond acceptors (Lipinski definition) is 6. The molecule has 2 aromatic carbocycles. The first-order valence-corrected chi connectivity index (χ1v) is 9.76. The summed E-state index contributed by atoms with van der Waals surface area (Å²) in [6.07, 6.45) is 1.71. The molecule has 0 spiro atoms. The Kier molecular flexibility index (Phi) is 6.74. The molecule has 1 heterocycles. The summed E-state index contributed by atoms with van der Waals surface area (Å²) in [4.78, 5) is 20.6. The molecule has 0 saturated carbocycles. The van der Waals surface area contributed by atoms with Crippen LogP contribution in [0.25, 0.3) is 10.9 Å². The van der Waals surface area contributed by atoms with Gasteiger partial charge in [0.25, 0.3) is 0 Å². The lowest BCUT2D eigenvalue weighted by molar-refractivity contribution is 0.200. The molecule has 0 saturated heterocycles. The molecule has 31 heavy (non-hydrogen) atoms. The number of hydrogen-bond donors (Lipinski definition) is 3. The Morgan fingerprint density at radius 3 is 2.32 bits per heavy atom. The number of carbonyl (C=O) groups excluding carboxylic acids is 1. The topological polar surface area (TPSA) is 97.4 Å². The van der Waals surface area contributed by atoms with Crippen LogP contribution < -0.4 is 25.4 Å². The summed E-state index contributed by atoms with van der Waals surface area (Å²) in [6.45, 7) is 3.21. The Balaban J connectivity index is 1.68. The predicted molar refractivity (Wildman–Crippen MR) is 119 cm³/mol. The third-order valence-electron chi connectivity index (χ3n) is 4.55. The highest BCUT2D eigenvalue weighted by atomic mass is 19.1. The molecular weight excluding hydrogens is 401 g/mol. The maximum absolute atomic E-state index is 13.5. The van der Waals surface area contributed by atoms with E-state index in [2.05, 4.69) is 25.9 Å². The van der Waals surface area contributed by atoms with Gasteiger partial charge < -0.3 is 25.4 Å². The van der Waals surface area contributed by atoms with Crippen molar-refractivity contribution in [2.75, 3.05) is 31.4 Å². The maximum atomic E-state index is 13.5. The molecule has 0 bridgehead atoms. The van der Waals surface area contributed by atoms with E-state index in [0.717, 1.165) is 11.1 Å². The normalized spacial score (nSPS) is 11.1. The van der Waals surface area contributed by atoms with Crippen LogP contribution in [0.4, 0.5) is 26.4 Å². The molecule has 0 fully saturated rings. The Morgan fingerprint density at radius 1 is 1.03 bits per heavy atom. The van der Waals surface area contributed by atoms with Crippen molar-refractivity contribution in [3.63, 3.8) is 0 Å². The molecule has 0 unspecified atom stereocenters. The van der Waals surface area contributed by atoms with Crippen molar-refractivity contribution >= 4 is 34.1 Å². The van der Waals surface area contributed by atoms with E-state index in [4.69, 9.17) is 9.47 Å². The van der Waals surface area contributed by atoms with Crippen molar-refractivity contribution in [2.24, 2.45) is 0 Å². The first-order chi connectivity index (χ1) is 14.8. The van der Waals surface area contributed by atoms with Gasteiger partial charge in [-0.05, 0) is 50.6 Å². The molecule has 3 rings (SSSR count). The monoisotopic (exact) mass is 427 g/mol. The number of aromatic nitrogens is 2. The number of rotatable bonds is 8. The molecule has 3 N–H and O–H groups in total. The number of nitrogens with one attached hydrogen (secondary N) is 3. The molecule has 0 aliphatic carbocycles. The molecule has 1 aromatic heterocycles. The second-order valence-electron chi connectivity index (χ2n) is 7.50. The zero-order chi connectivity index (χ0) is 22.4. The standard InChI is InChI=1S/C22H26FN5O3/c1-22(2,23)9-10-24-21(29)28-15-7-5-14(6-8-15)27-20-16-11-18(30-3)19(31-4)12-17(16)25-13-26-20/h5-8,11-13H,9-10H2,1-4H3,(H2,24,28,29)(H,25,26,27). The fourth-order valence-corrected chi connectivity index (χ4v) is 2.90. The van der Waals surface area contributed by atoms with E-state index in [0.29, 0.717) is 28.5 Å². The molecule has 3 aromatic rings. The Labute approximate surface area is 180 Å². The highest BCUT2D eigenvalue weighted by Gasteiger charge is 2.15. The number of alkyl halides is 1. The largest absolute Gasteiger partial charge is 0.493 e. The van der Waals surface area contributed by atoms with Crippen LogP contribution in [0.15, 0.2) is 42.7 Å². The van der Waals surface area contributed by atoms with Gasteiger partial charge in [-0.15, -0.1) is 0 Å². The van der Waals surface area contributed by atoms with Crippen LogP contribution in [-0.4, -0.2) is 42.4 Å². The lowest BCUT2D eigenvalue weighted by Gasteiger charge is -2.14. The van der Waals surface area contributed by atoms with Gasteiger partial charge in [-0.2, -0.15) is 0 Å². The van der Waals surface area contributed by atoms with Gasteiger partial charge in [0.15, 0.2) is 11.5 Å². The van der Waals surface area contributed by atoms with Gasteiger partial charge in [-0.25, -0.2) is 19.2 Å². The Hall–Kier alpha value is -3.62. The minimum Gasteiger partial charge on any atom is -0.493 e. The average molecular weight is 427 g/mol. The maximum Gasteiger partial charge on any atom is 0.319 e. The van der Waals surface area contributed by atoms with E-state index >= 15 is 0 Å². The summed E-state index contributed by atoms with van der Waals surface area (Å²) in [5, 5.41) is 9.38. The summed E-state index contributed by atoms with van der Waals surface area (Å²) in [6, 6.07) is 10.4. The van der Waals surface area contributed by atoms with Crippen LogP contribution in [0.2, 0.25) is 0 Å². The Bertz CT molecular complexity index is 1050. The van der Waals surface area contributed by atoms with Crippen molar-refractivity contribution in [1.29, 1.82) is 0 Å². The summed E-state index contributed by atoms with van der Waals surface area (Å²) >= 11 is 0. The third kappa shape index (κ3) is 5.94. The molecule has 164 valence electrons. The van der Waals surface area contributed by atoms with Crippen LogP contribution in [0.5, 0.6) is 11.5 Å². The van der Waals surface area contributed by atoms with Gasteiger partial charge >= 0.3 is 6.03 Å². The number of nitrogens with zero attached hydrogens (tertiary/aromatic N) is 2. The smallest absolute Gasteiger partial charge is 0.319 e. The predicted octanol–water partition coefficient (Wildman–Crippen LogP) is 4.65. The number of urea groups is 1. The van der Waals surface area contributed by atoms with E-state index in [1.807, 2.05) is 18.2 Å². The number of halogens is 1. The van der Waals surface area contributed by atoms with E-state index in [-0.39, 0.29) is 19.0 Å². The molecular formula is C22H26FN5O3. The molecule has 8 nitrogen and oxygen atoms in total. The zero-order valence-electron chi connectivity index (χ0n) is 18.0. The number of fused-ring (bicyclic) bond motifs is 1. The van der Waals surface area contributed by atoms with Crippen molar-refractivity contribution < 1.29 is 18.7 Å². The summed E-state index contributed by atoms with van der Waals surface area (Å²) in [5.74, 6) is 1.77. The van der Waals surface area contributed by atoms with Crippen molar-refractivity contribution in [1.82, 2.24) is 15.3 Å². The molecule has 9 heteroatoms. The van der Waals surface area contributed by atoms with Gasteiger partial charge in [0.05, 0.1) is 19.7 Å². The number of amides is 2. The number of benzene rings is 2. The molecule has 2 amide bonds. The van der Waals surface area contributed by atoms with Crippen LogP contribution in [0.1, 0.15) is 20.3 Å². The second-order valence-corrected chi connectivity index (χ2v) is 7.50. The minimum absolute atomic E-state index is 0.243. The summed E-state index contributed by atoms with van der Waals surface area (Å²) < 4.78 is 24.2. The molecule has 0 aliphatic rings. The fourth-order valence-electron chi connectivity index (χ4n) is 2.90. The number of methoxy groups -OCH3 is 2. The minimum atomic E-state index is -1.32. The number of anilines is 3. The van der Waals surface area contributed by atoms with Gasteiger partial charge in [0.1, 0.15) is 17.8 Å². The van der Waals surface area contributed by atoms with Crippen LogP contribution in [0, 0.1) is 0 Å². The number of ether oxygens (including phenoxy) is 2. The van der Waals surface area contributed by atoms with Gasteiger partial charge in [-0.1, -0.05) is 0 Å². The summed E-state index contributed by atoms with van der Waals surface area (Å²) in [7, 11) is 3.14. The van der Waals surface area contributed by atoms with Crippen LogP contribution in [0.3, 0.4) is 0 Å². The highest BCUT2D eigenvalue weighted by molar-refractivity contribution is 5.93. The van der Waals surface area contributed by atoms with Crippen molar-refractivity contribution in [3.8, 4) is 11.5 Å². The van der Waals surface area contributed by atoms with E-state index in [1.54, 1.807) is 32.4 Å². The summed E-state index contributed by atoms with van der Waals surface area (Å²) in [5.41, 5.74) is 0.781. The van der Waals surface area contributed by atoms with Gasteiger partial charge in [0.2, 0.25) is 0 Å². The zero-order valence-corrected chi connectivity index (χ0v) is 18.0. The average Bonchev–Trinajstić information content (AvgIpc) is 2.73. The van der Waals surface area contributed by atoms with Crippen LogP contribution in [-0.2, 0) is 0 Å². The number of carbonyl (C=O) groups is 1. The van der Waals surface area contributed by atoms with E-state index < -0.39 is 5.67 Å². The van der Waals surface area contributed by atoms with Crippen molar-refractivity contribution in [3.05, 3.63) is 42.7 Å².